The van der Waals surface area contributed by atoms with Crippen molar-refractivity contribution >= 4 is 5.97 Å². The first kappa shape index (κ1) is 14.9. The summed E-state index contributed by atoms with van der Waals surface area (Å²) in [4.78, 5) is 9.87. The molecule has 0 spiro atoms. The number of carboxylic acids is 1. The van der Waals surface area contributed by atoms with Gasteiger partial charge in [-0.1, -0.05) is 19.8 Å². The Labute approximate surface area is 80.8 Å². The average Bonchev–Trinajstić information content (AvgIpc) is 1.83. The van der Waals surface area contributed by atoms with Crippen molar-refractivity contribution in [3.63, 3.8) is 0 Å². The number of carbonyl (C=O) groups is 1. The van der Waals surface area contributed by atoms with Gasteiger partial charge in [-0.15, -0.1) is 0 Å². The van der Waals surface area contributed by atoms with Crippen LogP contribution >= 0.6 is 0 Å². The Kier molecular flexibility index (Phi) is 9.24. The lowest BCUT2D eigenvalue weighted by atomic mass is 10.2. The largest absolute Gasteiger partial charge is 0.481 e. The fourth-order valence-corrected chi connectivity index (χ4v) is 0.526. The minimum absolute atomic E-state index is 0.327. The highest BCUT2D eigenvalue weighted by Gasteiger charge is 1.97. The topological polar surface area (TPSA) is 57.5 Å². The van der Waals surface area contributed by atoms with Gasteiger partial charge < -0.3 is 10.2 Å². The molecule has 2 N–H and O–H groups in total. The van der Waals surface area contributed by atoms with Crippen molar-refractivity contribution in [3.8, 4) is 0 Å². The van der Waals surface area contributed by atoms with E-state index in [1.54, 1.807) is 20.8 Å². The van der Waals surface area contributed by atoms with Crippen molar-refractivity contribution in [2.24, 2.45) is 0 Å². The molecule has 3 nitrogen and oxygen atoms in total. The predicted octanol–water partition coefficient (Wildman–Crippen LogP) is 2.43. The third-order valence-electron chi connectivity index (χ3n) is 0.994. The molecule has 0 aromatic carbocycles. The number of aliphatic carboxylic acids is 1. The first-order chi connectivity index (χ1) is 5.77. The van der Waals surface area contributed by atoms with Crippen LogP contribution < -0.4 is 0 Å². The Morgan fingerprint density at radius 3 is 1.85 bits per heavy atom. The summed E-state index contributed by atoms with van der Waals surface area (Å²) >= 11 is 0. The summed E-state index contributed by atoms with van der Waals surface area (Å²) in [6.07, 6.45) is 3.28. The molecule has 0 unspecified atom stereocenters. The number of aliphatic hydroxyl groups is 1. The molecule has 0 aliphatic heterocycles. The van der Waals surface area contributed by atoms with E-state index in [0.29, 0.717) is 6.42 Å². The highest BCUT2D eigenvalue weighted by Crippen LogP contribution is 1.97. The molecular weight excluding hydrogens is 168 g/mol. The van der Waals surface area contributed by atoms with Crippen LogP contribution in [0, 0.1) is 0 Å². The van der Waals surface area contributed by atoms with Gasteiger partial charge in [-0.2, -0.15) is 0 Å². The Morgan fingerprint density at radius 1 is 1.23 bits per heavy atom. The average molecular weight is 190 g/mol. The number of hydrogen-bond acceptors (Lipinski definition) is 2. The summed E-state index contributed by atoms with van der Waals surface area (Å²) in [6.45, 7) is 7.29. The Balaban J connectivity index is 0. The van der Waals surface area contributed by atoms with Gasteiger partial charge in [0.15, 0.2) is 0 Å². The molecule has 0 amide bonds. The molecule has 0 rings (SSSR count). The lowest BCUT2D eigenvalue weighted by Gasteiger charge is -2.04. The predicted molar refractivity (Wildman–Crippen MR) is 53.7 cm³/mol. The molecule has 0 aromatic rings. The van der Waals surface area contributed by atoms with Crippen molar-refractivity contribution in [3.05, 3.63) is 0 Å². The van der Waals surface area contributed by atoms with E-state index in [9.17, 15) is 4.79 Å². The molecule has 0 fully saturated rings. The van der Waals surface area contributed by atoms with Crippen molar-refractivity contribution in [2.75, 3.05) is 0 Å². The summed E-state index contributed by atoms with van der Waals surface area (Å²) in [6, 6.07) is 0. The zero-order valence-corrected chi connectivity index (χ0v) is 9.13. The van der Waals surface area contributed by atoms with Crippen LogP contribution in [-0.4, -0.2) is 21.8 Å². The smallest absolute Gasteiger partial charge is 0.303 e. The van der Waals surface area contributed by atoms with Crippen LogP contribution in [0.15, 0.2) is 0 Å². The molecular formula is C10H22O3. The first-order valence-corrected chi connectivity index (χ1v) is 4.71. The van der Waals surface area contributed by atoms with Crippen LogP contribution in [0.3, 0.4) is 0 Å². The van der Waals surface area contributed by atoms with Crippen LogP contribution in [0.25, 0.3) is 0 Å². The molecule has 0 atom stereocenters. The summed E-state index contributed by atoms with van der Waals surface area (Å²) < 4.78 is 0. The van der Waals surface area contributed by atoms with Gasteiger partial charge in [0.05, 0.1) is 5.60 Å². The summed E-state index contributed by atoms with van der Waals surface area (Å²) in [5.74, 6) is -0.682. The zero-order valence-electron chi connectivity index (χ0n) is 9.13. The molecule has 13 heavy (non-hydrogen) atoms. The quantitative estimate of drug-likeness (QED) is 0.669. The third kappa shape index (κ3) is 51.8. The summed E-state index contributed by atoms with van der Waals surface area (Å²) in [7, 11) is 0. The minimum Gasteiger partial charge on any atom is -0.481 e. The molecule has 0 aromatic heterocycles. The molecule has 0 heterocycles. The van der Waals surface area contributed by atoms with Gasteiger partial charge in [0, 0.05) is 6.42 Å². The van der Waals surface area contributed by atoms with Gasteiger partial charge >= 0.3 is 5.97 Å². The molecule has 0 aliphatic rings. The molecule has 0 saturated heterocycles. The van der Waals surface area contributed by atoms with Gasteiger partial charge in [-0.25, -0.2) is 0 Å². The number of carboxylic acid groups (broad SMARTS) is 1. The fraction of sp³-hybridized carbons (Fsp3) is 0.900. The minimum atomic E-state index is -0.682. The van der Waals surface area contributed by atoms with Crippen LogP contribution in [-0.2, 0) is 4.79 Å². The van der Waals surface area contributed by atoms with Crippen LogP contribution in [0.4, 0.5) is 0 Å². The van der Waals surface area contributed by atoms with Gasteiger partial charge in [0.1, 0.15) is 0 Å². The van der Waals surface area contributed by atoms with E-state index in [0.717, 1.165) is 19.3 Å². The standard InChI is InChI=1S/C6H12O2.C4H10O/c1-2-3-4-5-6(7)8;1-4(2,3)5/h2-5H2,1H3,(H,7,8);5H,1-3H3. The normalized spacial score (nSPS) is 10.2. The maximum atomic E-state index is 9.87. The van der Waals surface area contributed by atoms with Crippen LogP contribution in [0.2, 0.25) is 0 Å². The molecule has 0 saturated carbocycles. The maximum absolute atomic E-state index is 9.87. The zero-order chi connectivity index (χ0) is 10.9. The molecule has 0 bridgehead atoms. The van der Waals surface area contributed by atoms with E-state index in [1.165, 1.54) is 0 Å². The maximum Gasteiger partial charge on any atom is 0.303 e. The lowest BCUT2D eigenvalue weighted by molar-refractivity contribution is -0.137. The van der Waals surface area contributed by atoms with Crippen LogP contribution in [0.5, 0.6) is 0 Å². The van der Waals surface area contributed by atoms with Gasteiger partial charge in [-0.05, 0) is 27.2 Å². The summed E-state index contributed by atoms with van der Waals surface area (Å²) in [5.41, 5.74) is -0.500. The van der Waals surface area contributed by atoms with E-state index >= 15 is 0 Å². The Bertz CT molecular complexity index is 119. The van der Waals surface area contributed by atoms with Gasteiger partial charge in [0.25, 0.3) is 0 Å². The van der Waals surface area contributed by atoms with E-state index in [1.807, 2.05) is 0 Å². The number of rotatable bonds is 4. The van der Waals surface area contributed by atoms with E-state index in [-0.39, 0.29) is 0 Å². The second-order valence-corrected chi connectivity index (χ2v) is 4.02. The SMILES string of the molecule is CC(C)(C)O.CCCCCC(=O)O. The highest BCUT2D eigenvalue weighted by molar-refractivity contribution is 5.66. The number of unbranched alkanes of at least 4 members (excludes halogenated alkanes) is 2. The van der Waals surface area contributed by atoms with Crippen molar-refractivity contribution in [1.82, 2.24) is 0 Å². The molecule has 3 heteroatoms. The van der Waals surface area contributed by atoms with Gasteiger partial charge in [-0.3, -0.25) is 4.79 Å². The van der Waals surface area contributed by atoms with Crippen molar-refractivity contribution in [1.29, 1.82) is 0 Å². The monoisotopic (exact) mass is 190 g/mol. The highest BCUT2D eigenvalue weighted by atomic mass is 16.4. The lowest BCUT2D eigenvalue weighted by Crippen LogP contribution is -2.10. The molecule has 80 valence electrons. The van der Waals surface area contributed by atoms with E-state index in [4.69, 9.17) is 10.2 Å². The van der Waals surface area contributed by atoms with Crippen molar-refractivity contribution < 1.29 is 15.0 Å². The third-order valence-corrected chi connectivity index (χ3v) is 0.994. The second kappa shape index (κ2) is 8.05. The first-order valence-electron chi connectivity index (χ1n) is 4.71. The Hall–Kier alpha value is -0.570. The van der Waals surface area contributed by atoms with E-state index in [2.05, 4.69) is 6.92 Å². The summed E-state index contributed by atoms with van der Waals surface area (Å²) in [5, 5.41) is 16.7. The molecule has 0 radical (unpaired) electrons. The van der Waals surface area contributed by atoms with Crippen molar-refractivity contribution in [2.45, 2.75) is 59.0 Å². The Morgan fingerprint density at radius 2 is 1.62 bits per heavy atom. The second-order valence-electron chi connectivity index (χ2n) is 4.02. The number of hydrogen-bond donors (Lipinski definition) is 2. The molecule has 0 aliphatic carbocycles. The fourth-order valence-electron chi connectivity index (χ4n) is 0.526. The van der Waals surface area contributed by atoms with E-state index < -0.39 is 11.6 Å². The van der Waals surface area contributed by atoms with Crippen LogP contribution in [0.1, 0.15) is 53.4 Å². The van der Waals surface area contributed by atoms with Gasteiger partial charge in [0.2, 0.25) is 0 Å².